The smallest absolute Gasteiger partial charge is 0.265 e. The van der Waals surface area contributed by atoms with E-state index in [2.05, 4.69) is 19.9 Å². The van der Waals surface area contributed by atoms with E-state index in [9.17, 15) is 31.4 Å². The highest BCUT2D eigenvalue weighted by Gasteiger charge is 2.43. The van der Waals surface area contributed by atoms with Crippen LogP contribution in [0.4, 0.5) is 37.8 Å². The molecule has 4 aromatic rings. The molecule has 0 amide bonds. The topological polar surface area (TPSA) is 132 Å². The molecule has 4 heterocycles. The van der Waals surface area contributed by atoms with Crippen molar-refractivity contribution in [3.63, 3.8) is 0 Å². The van der Waals surface area contributed by atoms with Crippen molar-refractivity contribution in [2.75, 3.05) is 23.7 Å². The zero-order chi connectivity index (χ0) is 28.8. The van der Waals surface area contributed by atoms with Gasteiger partial charge < -0.3 is 26.0 Å². The second-order valence-corrected chi connectivity index (χ2v) is 9.69. The average Bonchev–Trinajstić information content (AvgIpc) is 3.33. The number of benzene rings is 1. The molecule has 1 aliphatic rings. The third kappa shape index (κ3) is 5.01. The number of imidazole rings is 1. The second kappa shape index (κ2) is 10.5. The maximum Gasteiger partial charge on any atom is 0.265 e. The molecular weight excluding hydrogens is 542 g/mol. The first-order valence-corrected chi connectivity index (χ1v) is 12.2. The lowest BCUT2D eigenvalue weighted by molar-refractivity contribution is -0.0529. The van der Waals surface area contributed by atoms with Gasteiger partial charge in [-0.3, -0.25) is 4.98 Å². The minimum Gasteiger partial charge on any atom is -0.385 e. The summed E-state index contributed by atoms with van der Waals surface area (Å²) in [4.78, 5) is 18.2. The van der Waals surface area contributed by atoms with Gasteiger partial charge in [-0.15, -0.1) is 0 Å². The summed E-state index contributed by atoms with van der Waals surface area (Å²) in [6, 6.07) is 2.49. The fraction of sp³-hybridized carbons (Fsp3) is 0.360. The first kappa shape index (κ1) is 27.6. The molecule has 1 aromatic carbocycles. The van der Waals surface area contributed by atoms with Gasteiger partial charge in [0.2, 0.25) is 0 Å². The van der Waals surface area contributed by atoms with Crippen molar-refractivity contribution in [1.29, 1.82) is 0 Å². The van der Waals surface area contributed by atoms with E-state index in [1.54, 1.807) is 9.47 Å². The van der Waals surface area contributed by atoms with Gasteiger partial charge in [-0.25, -0.2) is 41.3 Å². The number of rotatable bonds is 7. The fourth-order valence-electron chi connectivity index (χ4n) is 5.02. The molecule has 9 nitrogen and oxygen atoms in total. The highest BCUT2D eigenvalue weighted by atomic mass is 19.3. The minimum absolute atomic E-state index is 0.0248. The zero-order valence-electron chi connectivity index (χ0n) is 20.8. The highest BCUT2D eigenvalue weighted by molar-refractivity contribution is 5.81. The number of fused-ring (bicyclic) bond motifs is 1. The van der Waals surface area contributed by atoms with Gasteiger partial charge in [0.05, 0.1) is 36.0 Å². The predicted octanol–water partition coefficient (Wildman–Crippen LogP) is 3.66. The number of nitrogen functional groups attached to an aromatic ring is 1. The summed E-state index contributed by atoms with van der Waals surface area (Å²) < 4.78 is 83.9. The van der Waals surface area contributed by atoms with E-state index < -0.39 is 41.7 Å². The van der Waals surface area contributed by atoms with Crippen molar-refractivity contribution >= 4 is 22.7 Å². The maximum absolute atomic E-state index is 14.1. The van der Waals surface area contributed by atoms with Crippen LogP contribution in [0, 0.1) is 11.6 Å². The third-order valence-electron chi connectivity index (χ3n) is 7.06. The van der Waals surface area contributed by atoms with Crippen molar-refractivity contribution in [3.8, 4) is 11.3 Å². The van der Waals surface area contributed by atoms with Gasteiger partial charge >= 0.3 is 0 Å². The summed E-state index contributed by atoms with van der Waals surface area (Å²) in [5.41, 5.74) is 10.8. The standard InChI is InChI=1S/C25H24F6N8O/c26-15-5-13(14(21(28)29)6-16(15)27)17-4-12(8-39-11-37-19-23(32)35-10-36-24(19)39)18(7-34-17)38-3-1-2-25(33,9-38)20(40)22(30)31/h4-7,10-11,20-22,40H,1-3,8-9,33H2,(H2,32,35,36)/t20?,25-/m1/s1. The van der Waals surface area contributed by atoms with Gasteiger partial charge in [0.1, 0.15) is 17.9 Å². The van der Waals surface area contributed by atoms with Crippen LogP contribution in [0.1, 0.15) is 30.4 Å². The predicted molar refractivity (Wildman–Crippen MR) is 134 cm³/mol. The molecule has 212 valence electrons. The van der Waals surface area contributed by atoms with Crippen LogP contribution in [-0.4, -0.2) is 60.8 Å². The summed E-state index contributed by atoms with van der Waals surface area (Å²) in [5.74, 6) is -2.62. The van der Waals surface area contributed by atoms with E-state index >= 15 is 0 Å². The monoisotopic (exact) mass is 566 g/mol. The van der Waals surface area contributed by atoms with Gasteiger partial charge in [-0.2, -0.15) is 0 Å². The molecule has 1 fully saturated rings. The van der Waals surface area contributed by atoms with Crippen molar-refractivity contribution in [2.24, 2.45) is 5.73 Å². The Hall–Kier alpha value is -3.98. The molecular formula is C25H24F6N8O. The number of piperidine rings is 1. The summed E-state index contributed by atoms with van der Waals surface area (Å²) >= 11 is 0. The van der Waals surface area contributed by atoms with Gasteiger partial charge in [0, 0.05) is 24.2 Å². The molecule has 5 N–H and O–H groups in total. The number of hydrogen-bond donors (Lipinski definition) is 3. The number of hydrogen-bond acceptors (Lipinski definition) is 8. The quantitative estimate of drug-likeness (QED) is 0.289. The van der Waals surface area contributed by atoms with Gasteiger partial charge in [0.15, 0.2) is 23.1 Å². The van der Waals surface area contributed by atoms with Crippen LogP contribution in [0.3, 0.4) is 0 Å². The maximum atomic E-state index is 14.1. The summed E-state index contributed by atoms with van der Waals surface area (Å²) in [6.45, 7) is 0.243. The Morgan fingerprint density at radius 3 is 2.50 bits per heavy atom. The van der Waals surface area contributed by atoms with E-state index in [0.29, 0.717) is 47.5 Å². The number of aromatic nitrogens is 5. The van der Waals surface area contributed by atoms with Crippen molar-refractivity contribution in [3.05, 3.63) is 59.8 Å². The first-order chi connectivity index (χ1) is 19.0. The number of nitrogens with two attached hydrogens (primary N) is 2. The Bertz CT molecular complexity index is 1550. The molecule has 3 aromatic heterocycles. The SMILES string of the molecule is Nc1ncnc2c1ncn2Cc1cc(-c2cc(F)c(F)cc2C(F)F)ncc1N1CCC[C@](N)(C(O)C(F)F)C1. The van der Waals surface area contributed by atoms with Crippen LogP contribution < -0.4 is 16.4 Å². The number of aliphatic hydroxyl groups excluding tert-OH is 1. The molecule has 0 saturated carbocycles. The zero-order valence-corrected chi connectivity index (χ0v) is 20.8. The van der Waals surface area contributed by atoms with Crippen LogP contribution >= 0.6 is 0 Å². The van der Waals surface area contributed by atoms with E-state index in [4.69, 9.17) is 11.5 Å². The summed E-state index contributed by atoms with van der Waals surface area (Å²) in [5, 5.41) is 10.1. The summed E-state index contributed by atoms with van der Waals surface area (Å²) in [6.07, 6.45) is -3.75. The van der Waals surface area contributed by atoms with Crippen LogP contribution in [-0.2, 0) is 6.54 Å². The second-order valence-electron chi connectivity index (χ2n) is 9.69. The van der Waals surface area contributed by atoms with E-state index in [0.717, 1.165) is 0 Å². The molecule has 1 aliphatic heterocycles. The van der Waals surface area contributed by atoms with E-state index in [1.807, 2.05) is 0 Å². The molecule has 5 rings (SSSR count). The molecule has 0 bridgehead atoms. The third-order valence-corrected chi connectivity index (χ3v) is 7.06. The number of anilines is 2. The van der Waals surface area contributed by atoms with Gasteiger partial charge in [-0.05, 0) is 36.6 Å². The first-order valence-electron chi connectivity index (χ1n) is 12.2. The Kier molecular flexibility index (Phi) is 7.27. The molecule has 15 heteroatoms. The number of aliphatic hydroxyl groups is 1. The fourth-order valence-corrected chi connectivity index (χ4v) is 5.02. The van der Waals surface area contributed by atoms with Crippen LogP contribution in [0.2, 0.25) is 0 Å². The van der Waals surface area contributed by atoms with E-state index in [1.165, 1.54) is 24.9 Å². The highest BCUT2D eigenvalue weighted by Crippen LogP contribution is 2.36. The number of pyridine rings is 1. The van der Waals surface area contributed by atoms with E-state index in [-0.39, 0.29) is 36.6 Å². The van der Waals surface area contributed by atoms with Crippen LogP contribution in [0.25, 0.3) is 22.4 Å². The lowest BCUT2D eigenvalue weighted by Gasteiger charge is -2.44. The molecule has 1 saturated heterocycles. The average molecular weight is 567 g/mol. The van der Waals surface area contributed by atoms with Gasteiger partial charge in [-0.1, -0.05) is 0 Å². The Labute approximate surface area is 223 Å². The molecule has 0 aliphatic carbocycles. The van der Waals surface area contributed by atoms with Crippen LogP contribution in [0.15, 0.2) is 37.1 Å². The molecule has 0 spiro atoms. The molecule has 2 atom stereocenters. The molecule has 40 heavy (non-hydrogen) atoms. The summed E-state index contributed by atoms with van der Waals surface area (Å²) in [7, 11) is 0. The lowest BCUT2D eigenvalue weighted by Crippen LogP contribution is -2.63. The number of nitrogens with zero attached hydrogens (tertiary/aromatic N) is 6. The Morgan fingerprint density at radius 1 is 1.02 bits per heavy atom. The van der Waals surface area contributed by atoms with Crippen LogP contribution in [0.5, 0.6) is 0 Å². The molecule has 1 unspecified atom stereocenters. The minimum atomic E-state index is -3.12. The number of halogens is 6. The normalized spacial score (nSPS) is 18.7. The van der Waals surface area contributed by atoms with Crippen molar-refractivity contribution in [2.45, 2.75) is 43.9 Å². The van der Waals surface area contributed by atoms with Crippen molar-refractivity contribution < 1.29 is 31.4 Å². The lowest BCUT2D eigenvalue weighted by atomic mass is 9.84. The Morgan fingerprint density at radius 2 is 1.77 bits per heavy atom. The largest absolute Gasteiger partial charge is 0.385 e. The molecule has 0 radical (unpaired) electrons. The van der Waals surface area contributed by atoms with Crippen molar-refractivity contribution in [1.82, 2.24) is 24.5 Å². The Balaban J connectivity index is 1.63. The van der Waals surface area contributed by atoms with Gasteiger partial charge in [0.25, 0.3) is 12.9 Å². The number of alkyl halides is 4.